The van der Waals surface area contributed by atoms with Gasteiger partial charge >= 0.3 is 0 Å². The molecule has 0 aromatic heterocycles. The average Bonchev–Trinajstić information content (AvgIpc) is 2.71. The third-order valence-electron chi connectivity index (χ3n) is 5.23. The Balaban J connectivity index is 1.60. The Labute approximate surface area is 185 Å². The van der Waals surface area contributed by atoms with E-state index in [1.807, 2.05) is 11.8 Å². The SMILES string of the molecule is Cc1cc(NC(=O)CN2CCN(S(=O)(=O)c3ccc(Cl)cc3)CC2)c([N+](=O)[O-])cc1C. The summed E-state index contributed by atoms with van der Waals surface area (Å²) >= 11 is 5.83. The van der Waals surface area contributed by atoms with Crippen molar-refractivity contribution < 1.29 is 18.1 Å². The minimum atomic E-state index is -3.63. The van der Waals surface area contributed by atoms with E-state index < -0.39 is 14.9 Å². The zero-order valence-corrected chi connectivity index (χ0v) is 18.7. The molecular weight excluding hydrogens is 444 g/mol. The van der Waals surface area contributed by atoms with Crippen LogP contribution >= 0.6 is 11.6 Å². The largest absolute Gasteiger partial charge is 0.319 e. The summed E-state index contributed by atoms with van der Waals surface area (Å²) in [6, 6.07) is 9.01. The monoisotopic (exact) mass is 466 g/mol. The van der Waals surface area contributed by atoms with Gasteiger partial charge < -0.3 is 5.32 Å². The van der Waals surface area contributed by atoms with E-state index >= 15 is 0 Å². The third kappa shape index (κ3) is 5.40. The summed E-state index contributed by atoms with van der Waals surface area (Å²) in [6.07, 6.45) is 0. The maximum atomic E-state index is 12.8. The first-order valence-electron chi connectivity index (χ1n) is 9.61. The molecule has 0 spiro atoms. The van der Waals surface area contributed by atoms with E-state index in [0.717, 1.165) is 11.1 Å². The van der Waals surface area contributed by atoms with Crippen molar-refractivity contribution >= 4 is 38.9 Å². The van der Waals surface area contributed by atoms with Crippen LogP contribution in [-0.4, -0.2) is 61.2 Å². The van der Waals surface area contributed by atoms with Crippen molar-refractivity contribution in [3.8, 4) is 0 Å². The maximum Gasteiger partial charge on any atom is 0.293 e. The molecule has 1 saturated heterocycles. The summed E-state index contributed by atoms with van der Waals surface area (Å²) in [5.74, 6) is -0.389. The van der Waals surface area contributed by atoms with Gasteiger partial charge in [-0.25, -0.2) is 8.42 Å². The van der Waals surface area contributed by atoms with Crippen LogP contribution in [0.3, 0.4) is 0 Å². The van der Waals surface area contributed by atoms with E-state index in [9.17, 15) is 23.3 Å². The number of hydrogen-bond acceptors (Lipinski definition) is 6. The van der Waals surface area contributed by atoms with Gasteiger partial charge in [-0.2, -0.15) is 4.31 Å². The summed E-state index contributed by atoms with van der Waals surface area (Å²) < 4.78 is 26.9. The highest BCUT2D eigenvalue weighted by Crippen LogP contribution is 2.28. The van der Waals surface area contributed by atoms with Gasteiger partial charge in [0.2, 0.25) is 15.9 Å². The fraction of sp³-hybridized carbons (Fsp3) is 0.350. The lowest BCUT2D eigenvalue weighted by atomic mass is 10.1. The van der Waals surface area contributed by atoms with Crippen molar-refractivity contribution in [2.45, 2.75) is 18.7 Å². The molecule has 1 aliphatic rings. The van der Waals surface area contributed by atoms with Crippen LogP contribution in [0.4, 0.5) is 11.4 Å². The van der Waals surface area contributed by atoms with Gasteiger partial charge in [0.05, 0.1) is 16.4 Å². The number of nitro benzene ring substituents is 1. The van der Waals surface area contributed by atoms with Crippen molar-refractivity contribution in [1.82, 2.24) is 9.21 Å². The highest BCUT2D eigenvalue weighted by molar-refractivity contribution is 7.89. The molecule has 1 fully saturated rings. The normalized spacial score (nSPS) is 15.6. The number of nitrogens with one attached hydrogen (secondary N) is 1. The predicted molar refractivity (Wildman–Crippen MR) is 118 cm³/mol. The van der Waals surface area contributed by atoms with Gasteiger partial charge in [0, 0.05) is 37.3 Å². The summed E-state index contributed by atoms with van der Waals surface area (Å²) in [5, 5.41) is 14.4. The van der Waals surface area contributed by atoms with Crippen LogP contribution in [0.2, 0.25) is 5.02 Å². The van der Waals surface area contributed by atoms with E-state index in [0.29, 0.717) is 18.1 Å². The summed E-state index contributed by atoms with van der Waals surface area (Å²) in [5.41, 5.74) is 1.60. The molecule has 3 rings (SSSR count). The minimum Gasteiger partial charge on any atom is -0.319 e. The van der Waals surface area contributed by atoms with Crippen LogP contribution in [0.1, 0.15) is 11.1 Å². The van der Waals surface area contributed by atoms with Gasteiger partial charge in [-0.1, -0.05) is 11.6 Å². The molecule has 2 aromatic carbocycles. The Kier molecular flexibility index (Phi) is 6.95. The van der Waals surface area contributed by atoms with E-state index in [1.54, 1.807) is 13.0 Å². The highest BCUT2D eigenvalue weighted by Gasteiger charge is 2.29. The maximum absolute atomic E-state index is 12.8. The number of rotatable bonds is 6. The number of halogens is 1. The number of carbonyl (C=O) groups is 1. The van der Waals surface area contributed by atoms with Crippen LogP contribution < -0.4 is 5.32 Å². The topological polar surface area (TPSA) is 113 Å². The number of benzene rings is 2. The molecule has 1 amide bonds. The predicted octanol–water partition coefficient (Wildman–Crippen LogP) is 2.81. The second-order valence-corrected chi connectivity index (χ2v) is 9.77. The molecule has 0 unspecified atom stereocenters. The lowest BCUT2D eigenvalue weighted by Crippen LogP contribution is -2.50. The standard InChI is InChI=1S/C20H23ClN4O5S/c1-14-11-18(19(25(27)28)12-15(14)2)22-20(26)13-23-7-9-24(10-8-23)31(29,30)17-5-3-16(21)4-6-17/h3-6,11-12H,7-10,13H2,1-2H3,(H,22,26). The van der Waals surface area contributed by atoms with Gasteiger partial charge in [0.1, 0.15) is 5.69 Å². The molecule has 1 N–H and O–H groups in total. The first kappa shape index (κ1) is 23.1. The van der Waals surface area contributed by atoms with Crippen molar-refractivity contribution in [3.63, 3.8) is 0 Å². The summed E-state index contributed by atoms with van der Waals surface area (Å²) in [4.78, 5) is 25.2. The first-order chi connectivity index (χ1) is 14.6. The van der Waals surface area contributed by atoms with Gasteiger partial charge in [-0.05, 0) is 55.3 Å². The number of amides is 1. The van der Waals surface area contributed by atoms with E-state index in [2.05, 4.69) is 5.32 Å². The molecule has 2 aromatic rings. The second kappa shape index (κ2) is 9.31. The fourth-order valence-electron chi connectivity index (χ4n) is 3.33. The molecule has 1 heterocycles. The lowest BCUT2D eigenvalue weighted by Gasteiger charge is -2.33. The molecule has 9 nitrogen and oxygen atoms in total. The van der Waals surface area contributed by atoms with Crippen LogP contribution in [0.25, 0.3) is 0 Å². The number of piperazine rings is 1. The molecule has 11 heteroatoms. The number of nitro groups is 1. The summed E-state index contributed by atoms with van der Waals surface area (Å²) in [6.45, 7) is 4.81. The Hall–Kier alpha value is -2.53. The zero-order chi connectivity index (χ0) is 22.8. The number of anilines is 1. The van der Waals surface area contributed by atoms with Crippen molar-refractivity contribution in [2.24, 2.45) is 0 Å². The Bertz CT molecular complexity index is 1100. The van der Waals surface area contributed by atoms with E-state index in [1.165, 1.54) is 34.6 Å². The molecule has 1 aliphatic heterocycles. The molecule has 0 bridgehead atoms. The van der Waals surface area contributed by atoms with Gasteiger partial charge in [0.15, 0.2) is 0 Å². The molecular formula is C20H23ClN4O5S. The molecule has 0 radical (unpaired) electrons. The van der Waals surface area contributed by atoms with Crippen molar-refractivity contribution in [2.75, 3.05) is 38.0 Å². The number of sulfonamides is 1. The Morgan fingerprint density at radius 3 is 2.26 bits per heavy atom. The highest BCUT2D eigenvalue weighted by atomic mass is 35.5. The van der Waals surface area contributed by atoms with Crippen LogP contribution in [0, 0.1) is 24.0 Å². The Morgan fingerprint density at radius 1 is 1.10 bits per heavy atom. The molecule has 166 valence electrons. The average molecular weight is 467 g/mol. The van der Waals surface area contributed by atoms with Crippen molar-refractivity contribution in [1.29, 1.82) is 0 Å². The molecule has 0 saturated carbocycles. The number of carbonyl (C=O) groups excluding carboxylic acids is 1. The second-order valence-electron chi connectivity index (χ2n) is 7.39. The van der Waals surface area contributed by atoms with Crippen LogP contribution in [0.15, 0.2) is 41.3 Å². The fourth-order valence-corrected chi connectivity index (χ4v) is 4.88. The Morgan fingerprint density at radius 2 is 1.68 bits per heavy atom. The van der Waals surface area contributed by atoms with Crippen molar-refractivity contribution in [3.05, 3.63) is 62.7 Å². The van der Waals surface area contributed by atoms with Gasteiger partial charge in [-0.3, -0.25) is 19.8 Å². The zero-order valence-electron chi connectivity index (χ0n) is 17.2. The van der Waals surface area contributed by atoms with E-state index in [4.69, 9.17) is 11.6 Å². The quantitative estimate of drug-likeness (QED) is 0.517. The third-order valence-corrected chi connectivity index (χ3v) is 7.40. The van der Waals surface area contributed by atoms with Crippen LogP contribution in [-0.2, 0) is 14.8 Å². The lowest BCUT2D eigenvalue weighted by molar-refractivity contribution is -0.384. The van der Waals surface area contributed by atoms with Gasteiger partial charge in [0.25, 0.3) is 5.69 Å². The minimum absolute atomic E-state index is 0.0128. The number of aryl methyl sites for hydroxylation is 2. The molecule has 31 heavy (non-hydrogen) atoms. The molecule has 0 atom stereocenters. The first-order valence-corrected chi connectivity index (χ1v) is 11.4. The van der Waals surface area contributed by atoms with Gasteiger partial charge in [-0.15, -0.1) is 0 Å². The molecule has 0 aliphatic carbocycles. The smallest absolute Gasteiger partial charge is 0.293 e. The number of hydrogen-bond donors (Lipinski definition) is 1. The number of nitrogens with zero attached hydrogens (tertiary/aromatic N) is 3. The summed E-state index contributed by atoms with van der Waals surface area (Å²) in [7, 11) is -3.63. The van der Waals surface area contributed by atoms with Crippen LogP contribution in [0.5, 0.6) is 0 Å². The van der Waals surface area contributed by atoms with E-state index in [-0.39, 0.29) is 41.8 Å².